The lowest BCUT2D eigenvalue weighted by Crippen LogP contribution is -2.52. The lowest BCUT2D eigenvalue weighted by Gasteiger charge is -2.39. The van der Waals surface area contributed by atoms with Gasteiger partial charge in [-0.3, -0.25) is 4.79 Å². The molecule has 1 amide bonds. The van der Waals surface area contributed by atoms with Crippen LogP contribution in [-0.2, 0) is 17.4 Å². The Bertz CT molecular complexity index is 958. The molecule has 1 aromatic heterocycles. The van der Waals surface area contributed by atoms with E-state index < -0.39 is 17.2 Å². The van der Waals surface area contributed by atoms with Crippen LogP contribution in [0.2, 0.25) is 0 Å². The minimum absolute atomic E-state index is 0.117. The molecule has 168 valence electrons. The molecule has 0 aliphatic carbocycles. The molecule has 0 unspecified atom stereocenters. The number of anilines is 1. The molecule has 8 heteroatoms. The minimum atomic E-state index is -4.38. The van der Waals surface area contributed by atoms with Crippen molar-refractivity contribution in [2.24, 2.45) is 5.41 Å². The van der Waals surface area contributed by atoms with E-state index in [9.17, 15) is 18.0 Å². The van der Waals surface area contributed by atoms with E-state index >= 15 is 0 Å². The van der Waals surface area contributed by atoms with Crippen molar-refractivity contribution in [2.45, 2.75) is 47.2 Å². The van der Waals surface area contributed by atoms with Crippen molar-refractivity contribution in [3.05, 3.63) is 52.5 Å². The third-order valence-corrected chi connectivity index (χ3v) is 5.45. The van der Waals surface area contributed by atoms with Gasteiger partial charge < -0.3 is 9.80 Å². The van der Waals surface area contributed by atoms with Crippen molar-refractivity contribution in [1.29, 1.82) is 0 Å². The van der Waals surface area contributed by atoms with Gasteiger partial charge in [-0.05, 0) is 25.5 Å². The summed E-state index contributed by atoms with van der Waals surface area (Å²) in [5.74, 6) is 1.48. The van der Waals surface area contributed by atoms with Crippen LogP contribution >= 0.6 is 0 Å². The number of hydrogen-bond donors (Lipinski definition) is 0. The van der Waals surface area contributed by atoms with Crippen LogP contribution in [0.5, 0.6) is 0 Å². The number of aromatic nitrogens is 2. The molecule has 0 spiro atoms. The molecule has 2 aromatic rings. The molecule has 3 rings (SSSR count). The molecule has 1 saturated heterocycles. The van der Waals surface area contributed by atoms with Crippen LogP contribution < -0.4 is 4.90 Å². The number of alkyl halides is 3. The van der Waals surface area contributed by atoms with Gasteiger partial charge in [0, 0.05) is 49.3 Å². The van der Waals surface area contributed by atoms with Gasteiger partial charge in [0.2, 0.25) is 5.91 Å². The number of carbonyl (C=O) groups excluding carboxylic acids is 1. The van der Waals surface area contributed by atoms with Crippen LogP contribution in [-0.4, -0.2) is 47.0 Å². The second-order valence-corrected chi connectivity index (χ2v) is 9.06. The van der Waals surface area contributed by atoms with Crippen molar-refractivity contribution in [3.8, 4) is 0 Å². The first-order valence-corrected chi connectivity index (χ1v) is 10.4. The molecule has 0 atom stereocenters. The topological polar surface area (TPSA) is 49.3 Å². The number of halogens is 3. The molecule has 1 aliphatic heterocycles. The summed E-state index contributed by atoms with van der Waals surface area (Å²) in [6, 6.07) is 5.38. The first-order valence-electron chi connectivity index (χ1n) is 10.4. The summed E-state index contributed by atoms with van der Waals surface area (Å²) in [6.07, 6.45) is -4.07. The molecular weight excluding hydrogens is 405 g/mol. The predicted molar refractivity (Wildman–Crippen MR) is 114 cm³/mol. The summed E-state index contributed by atoms with van der Waals surface area (Å²) in [5, 5.41) is 0. The number of carbonyl (C=O) groups is 1. The fraction of sp³-hybridized carbons (Fsp3) is 0.522. The highest BCUT2D eigenvalue weighted by atomic mass is 19.4. The Labute approximate surface area is 181 Å². The van der Waals surface area contributed by atoms with Crippen LogP contribution in [0.4, 0.5) is 19.0 Å². The monoisotopic (exact) mass is 434 g/mol. The van der Waals surface area contributed by atoms with E-state index in [2.05, 4.69) is 14.9 Å². The largest absolute Gasteiger partial charge is 0.416 e. The highest BCUT2D eigenvalue weighted by molar-refractivity contribution is 5.81. The molecule has 1 aromatic carbocycles. The van der Waals surface area contributed by atoms with Gasteiger partial charge in [0.25, 0.3) is 0 Å². The molecule has 31 heavy (non-hydrogen) atoms. The highest BCUT2D eigenvalue weighted by Crippen LogP contribution is 2.31. The van der Waals surface area contributed by atoms with Crippen molar-refractivity contribution < 1.29 is 18.0 Å². The van der Waals surface area contributed by atoms with Crippen LogP contribution in [0.1, 0.15) is 49.0 Å². The quantitative estimate of drug-likeness (QED) is 0.719. The van der Waals surface area contributed by atoms with E-state index in [0.29, 0.717) is 44.0 Å². The van der Waals surface area contributed by atoms with E-state index in [1.54, 1.807) is 6.07 Å². The number of nitrogens with zero attached hydrogens (tertiary/aromatic N) is 4. The van der Waals surface area contributed by atoms with Crippen LogP contribution in [0.25, 0.3) is 0 Å². The SMILES string of the molecule is Cc1nc(C)c(Cc2cccc(C(F)(F)F)c2)c(N2CCN(C(=O)C(C)(C)C)CC2)n1. The van der Waals surface area contributed by atoms with Gasteiger partial charge in [0.15, 0.2) is 0 Å². The number of aryl methyl sites for hydroxylation is 2. The van der Waals surface area contributed by atoms with E-state index in [1.807, 2.05) is 39.5 Å². The average Bonchev–Trinajstić information content (AvgIpc) is 2.68. The van der Waals surface area contributed by atoms with E-state index in [1.165, 1.54) is 12.1 Å². The smallest absolute Gasteiger partial charge is 0.353 e. The van der Waals surface area contributed by atoms with Crippen LogP contribution in [0.15, 0.2) is 24.3 Å². The fourth-order valence-electron chi connectivity index (χ4n) is 3.84. The third kappa shape index (κ3) is 5.35. The Morgan fingerprint density at radius 1 is 1.03 bits per heavy atom. The average molecular weight is 435 g/mol. The standard InChI is InChI=1S/C23H29F3N4O/c1-15-19(14-17-7-6-8-18(13-17)23(24,25)26)20(28-16(2)27-15)29-9-11-30(12-10-29)21(31)22(3,4)5/h6-8,13H,9-12,14H2,1-5H3. The zero-order chi connectivity index (χ0) is 23.0. The van der Waals surface area contributed by atoms with Gasteiger partial charge in [-0.2, -0.15) is 13.2 Å². The normalized spacial score (nSPS) is 15.4. The van der Waals surface area contributed by atoms with Crippen LogP contribution in [0, 0.1) is 19.3 Å². The second-order valence-electron chi connectivity index (χ2n) is 9.06. The molecule has 2 heterocycles. The number of rotatable bonds is 3. The summed E-state index contributed by atoms with van der Waals surface area (Å²) in [7, 11) is 0. The lowest BCUT2D eigenvalue weighted by atomic mass is 9.94. The van der Waals surface area contributed by atoms with Crippen molar-refractivity contribution in [2.75, 3.05) is 31.1 Å². The van der Waals surface area contributed by atoms with Gasteiger partial charge >= 0.3 is 6.18 Å². The van der Waals surface area contributed by atoms with E-state index in [-0.39, 0.29) is 5.91 Å². The number of benzene rings is 1. The number of amides is 1. The van der Waals surface area contributed by atoms with E-state index in [4.69, 9.17) is 0 Å². The maximum absolute atomic E-state index is 13.1. The maximum atomic E-state index is 13.1. The summed E-state index contributed by atoms with van der Waals surface area (Å²) >= 11 is 0. The van der Waals surface area contributed by atoms with Crippen molar-refractivity contribution >= 4 is 11.7 Å². The molecule has 0 saturated carbocycles. The molecule has 0 bridgehead atoms. The molecule has 0 radical (unpaired) electrons. The highest BCUT2D eigenvalue weighted by Gasteiger charge is 2.32. The van der Waals surface area contributed by atoms with Crippen molar-refractivity contribution in [3.63, 3.8) is 0 Å². The maximum Gasteiger partial charge on any atom is 0.416 e. The van der Waals surface area contributed by atoms with Gasteiger partial charge in [-0.1, -0.05) is 39.0 Å². The molecule has 1 aliphatic rings. The Hall–Kier alpha value is -2.64. The van der Waals surface area contributed by atoms with Gasteiger partial charge in [0.05, 0.1) is 5.56 Å². The summed E-state index contributed by atoms with van der Waals surface area (Å²) < 4.78 is 39.4. The number of hydrogen-bond acceptors (Lipinski definition) is 4. The Morgan fingerprint density at radius 3 is 2.26 bits per heavy atom. The predicted octanol–water partition coefficient (Wildman–Crippen LogP) is 4.40. The lowest BCUT2D eigenvalue weighted by molar-refractivity contribution is -0.140. The minimum Gasteiger partial charge on any atom is -0.353 e. The first-order chi connectivity index (χ1) is 14.4. The first kappa shape index (κ1) is 23.0. The second kappa shape index (κ2) is 8.48. The Morgan fingerprint density at radius 2 is 1.68 bits per heavy atom. The Kier molecular flexibility index (Phi) is 6.30. The summed E-state index contributed by atoms with van der Waals surface area (Å²) in [5.41, 5.74) is 1.05. The van der Waals surface area contributed by atoms with Gasteiger partial charge in [-0.15, -0.1) is 0 Å². The van der Waals surface area contributed by atoms with Crippen molar-refractivity contribution in [1.82, 2.24) is 14.9 Å². The third-order valence-electron chi connectivity index (χ3n) is 5.45. The molecule has 1 fully saturated rings. The molecule has 0 N–H and O–H groups in total. The Balaban J connectivity index is 1.86. The number of piperazine rings is 1. The van der Waals surface area contributed by atoms with E-state index in [0.717, 1.165) is 23.1 Å². The molecular formula is C23H29F3N4O. The summed E-state index contributed by atoms with van der Waals surface area (Å²) in [4.78, 5) is 25.6. The zero-order valence-electron chi connectivity index (χ0n) is 18.7. The fourth-order valence-corrected chi connectivity index (χ4v) is 3.84. The van der Waals surface area contributed by atoms with Gasteiger partial charge in [-0.25, -0.2) is 9.97 Å². The van der Waals surface area contributed by atoms with Crippen LogP contribution in [0.3, 0.4) is 0 Å². The molecule has 5 nitrogen and oxygen atoms in total. The summed E-state index contributed by atoms with van der Waals surface area (Å²) in [6.45, 7) is 11.8. The van der Waals surface area contributed by atoms with Gasteiger partial charge in [0.1, 0.15) is 11.6 Å². The zero-order valence-corrected chi connectivity index (χ0v) is 18.7.